The van der Waals surface area contributed by atoms with Crippen molar-refractivity contribution >= 4 is 29.0 Å². The molecule has 0 aromatic carbocycles. The van der Waals surface area contributed by atoms with Gasteiger partial charge in [0.1, 0.15) is 0 Å². The van der Waals surface area contributed by atoms with Gasteiger partial charge in [0.15, 0.2) is 0 Å². The minimum atomic E-state index is -1.65. The molecular formula is C4H2Cl2O2. The molecular weight excluding hydrogens is 151 g/mol. The quantitative estimate of drug-likeness (QED) is 0.489. The lowest BCUT2D eigenvalue weighted by Gasteiger charge is -2.07. The summed E-state index contributed by atoms with van der Waals surface area (Å²) in [4.78, 5) is 10.4. The molecule has 0 amide bonds. The van der Waals surface area contributed by atoms with Crippen molar-refractivity contribution in [3.05, 3.63) is 12.3 Å². The molecule has 0 aromatic rings. The van der Waals surface area contributed by atoms with E-state index in [9.17, 15) is 4.79 Å². The summed E-state index contributed by atoms with van der Waals surface area (Å²) in [5.41, 5.74) is 0. The number of carbonyl (C=O) groups is 1. The molecule has 0 spiro atoms. The van der Waals surface area contributed by atoms with Crippen molar-refractivity contribution in [3.63, 3.8) is 0 Å². The Morgan fingerprint density at radius 2 is 2.25 bits per heavy atom. The van der Waals surface area contributed by atoms with Crippen LogP contribution in [0, 0.1) is 0 Å². The van der Waals surface area contributed by atoms with E-state index in [-0.39, 0.29) is 0 Å². The minimum absolute atomic E-state index is 0.430. The first-order valence-corrected chi connectivity index (χ1v) is 2.65. The van der Waals surface area contributed by atoms with Crippen molar-refractivity contribution in [2.45, 2.75) is 4.52 Å². The van der Waals surface area contributed by atoms with Gasteiger partial charge in [0.25, 0.3) is 0 Å². The summed E-state index contributed by atoms with van der Waals surface area (Å²) < 4.78 is 2.80. The van der Waals surface area contributed by atoms with Crippen LogP contribution in [0.4, 0.5) is 0 Å². The van der Waals surface area contributed by atoms with Crippen LogP contribution in [0.15, 0.2) is 12.3 Å². The Kier molecular flexibility index (Phi) is 1.21. The highest BCUT2D eigenvalue weighted by molar-refractivity contribution is 6.58. The molecule has 0 bridgehead atoms. The van der Waals surface area contributed by atoms with Crippen LogP contribution in [0.2, 0.25) is 0 Å². The third-order valence-corrected chi connectivity index (χ3v) is 1.27. The molecule has 1 aliphatic rings. The molecule has 0 N–H and O–H groups in total. The number of hydrogen-bond acceptors (Lipinski definition) is 2. The van der Waals surface area contributed by atoms with Crippen LogP contribution in [0.3, 0.4) is 0 Å². The zero-order chi connectivity index (χ0) is 6.20. The third-order valence-electron chi connectivity index (χ3n) is 0.722. The summed E-state index contributed by atoms with van der Waals surface area (Å²) in [6.07, 6.45) is 2.35. The predicted octanol–water partition coefficient (Wildman–Crippen LogP) is 1.23. The SMILES string of the molecule is O=C1C=COC1(Cl)Cl. The Bertz CT molecular complexity index is 150. The van der Waals surface area contributed by atoms with E-state index in [2.05, 4.69) is 4.74 Å². The summed E-state index contributed by atoms with van der Waals surface area (Å²) in [7, 11) is 0. The summed E-state index contributed by atoms with van der Waals surface area (Å²) in [6.45, 7) is 0. The van der Waals surface area contributed by atoms with Crippen molar-refractivity contribution in [1.82, 2.24) is 0 Å². The second-order valence-electron chi connectivity index (χ2n) is 1.30. The van der Waals surface area contributed by atoms with Gasteiger partial charge in [-0.05, 0) is 23.2 Å². The number of carbonyl (C=O) groups excluding carboxylic acids is 1. The second-order valence-corrected chi connectivity index (χ2v) is 2.56. The fraction of sp³-hybridized carbons (Fsp3) is 0.250. The van der Waals surface area contributed by atoms with Crippen molar-refractivity contribution in [1.29, 1.82) is 0 Å². The first-order chi connectivity index (χ1) is 3.63. The minimum Gasteiger partial charge on any atom is -0.459 e. The summed E-state index contributed by atoms with van der Waals surface area (Å²) in [5, 5.41) is 0. The van der Waals surface area contributed by atoms with Crippen molar-refractivity contribution in [3.8, 4) is 0 Å². The third kappa shape index (κ3) is 0.812. The molecule has 2 nitrogen and oxygen atoms in total. The van der Waals surface area contributed by atoms with E-state index in [1.807, 2.05) is 0 Å². The van der Waals surface area contributed by atoms with Crippen molar-refractivity contribution in [2.24, 2.45) is 0 Å². The van der Waals surface area contributed by atoms with Gasteiger partial charge in [0.2, 0.25) is 5.78 Å². The fourth-order valence-corrected chi connectivity index (χ4v) is 0.565. The van der Waals surface area contributed by atoms with Gasteiger partial charge in [-0.25, -0.2) is 0 Å². The molecule has 4 heteroatoms. The molecule has 0 aromatic heterocycles. The Balaban J connectivity index is 2.79. The molecule has 0 aliphatic carbocycles. The van der Waals surface area contributed by atoms with Gasteiger partial charge < -0.3 is 4.74 Å². The van der Waals surface area contributed by atoms with Gasteiger partial charge in [-0.2, -0.15) is 0 Å². The summed E-state index contributed by atoms with van der Waals surface area (Å²) >= 11 is 10.5. The highest BCUT2D eigenvalue weighted by Gasteiger charge is 2.36. The largest absolute Gasteiger partial charge is 0.459 e. The molecule has 1 rings (SSSR count). The van der Waals surface area contributed by atoms with Crippen LogP contribution in [-0.2, 0) is 9.53 Å². The van der Waals surface area contributed by atoms with Crippen LogP contribution in [0.25, 0.3) is 0 Å². The molecule has 44 valence electrons. The molecule has 0 saturated heterocycles. The van der Waals surface area contributed by atoms with Gasteiger partial charge in [0, 0.05) is 6.08 Å². The number of hydrogen-bond donors (Lipinski definition) is 0. The monoisotopic (exact) mass is 152 g/mol. The summed E-state index contributed by atoms with van der Waals surface area (Å²) in [6, 6.07) is 0. The van der Waals surface area contributed by atoms with Crippen LogP contribution >= 0.6 is 23.2 Å². The first kappa shape index (κ1) is 5.92. The van der Waals surface area contributed by atoms with E-state index in [1.165, 1.54) is 12.3 Å². The number of alkyl halides is 2. The normalized spacial score (nSPS) is 23.5. The number of ether oxygens (including phenoxy) is 1. The topological polar surface area (TPSA) is 26.3 Å². The smallest absolute Gasteiger partial charge is 0.322 e. The average molecular weight is 153 g/mol. The van der Waals surface area contributed by atoms with Gasteiger partial charge in [-0.15, -0.1) is 0 Å². The van der Waals surface area contributed by atoms with E-state index >= 15 is 0 Å². The van der Waals surface area contributed by atoms with Gasteiger partial charge in [0.05, 0.1) is 6.26 Å². The molecule has 1 aliphatic heterocycles. The van der Waals surface area contributed by atoms with Crippen molar-refractivity contribution in [2.75, 3.05) is 0 Å². The van der Waals surface area contributed by atoms with E-state index in [0.717, 1.165) is 0 Å². The van der Waals surface area contributed by atoms with E-state index in [0.29, 0.717) is 0 Å². The Labute approximate surface area is 56.0 Å². The molecule has 0 saturated carbocycles. The van der Waals surface area contributed by atoms with E-state index in [1.54, 1.807) is 0 Å². The maximum atomic E-state index is 10.4. The second kappa shape index (κ2) is 1.64. The zero-order valence-corrected chi connectivity index (χ0v) is 5.24. The maximum Gasteiger partial charge on any atom is 0.322 e. The van der Waals surface area contributed by atoms with Gasteiger partial charge >= 0.3 is 4.52 Å². The van der Waals surface area contributed by atoms with E-state index in [4.69, 9.17) is 23.2 Å². The Morgan fingerprint density at radius 1 is 1.62 bits per heavy atom. The standard InChI is InChI=1S/C4H2Cl2O2/c5-4(6)3(7)1-2-8-4/h1-2H. The molecule has 0 fully saturated rings. The predicted molar refractivity (Wildman–Crippen MR) is 29.7 cm³/mol. The van der Waals surface area contributed by atoms with Crippen LogP contribution in [0.1, 0.15) is 0 Å². The fourth-order valence-electron chi connectivity index (χ4n) is 0.336. The maximum absolute atomic E-state index is 10.4. The van der Waals surface area contributed by atoms with Crippen LogP contribution in [-0.4, -0.2) is 10.3 Å². The molecule has 0 unspecified atom stereocenters. The lowest BCUT2D eigenvalue weighted by molar-refractivity contribution is -0.118. The highest BCUT2D eigenvalue weighted by Crippen LogP contribution is 2.28. The zero-order valence-electron chi connectivity index (χ0n) is 3.73. The van der Waals surface area contributed by atoms with E-state index < -0.39 is 10.3 Å². The lowest BCUT2D eigenvalue weighted by Crippen LogP contribution is -2.20. The number of ketones is 1. The average Bonchev–Trinajstić information content (AvgIpc) is 1.86. The molecule has 0 atom stereocenters. The lowest BCUT2D eigenvalue weighted by atomic mass is 10.4. The number of rotatable bonds is 0. The van der Waals surface area contributed by atoms with Crippen LogP contribution < -0.4 is 0 Å². The first-order valence-electron chi connectivity index (χ1n) is 1.89. The van der Waals surface area contributed by atoms with Gasteiger partial charge in [-0.1, -0.05) is 0 Å². The van der Waals surface area contributed by atoms with Gasteiger partial charge in [-0.3, -0.25) is 4.79 Å². The van der Waals surface area contributed by atoms with Crippen molar-refractivity contribution < 1.29 is 9.53 Å². The highest BCUT2D eigenvalue weighted by atomic mass is 35.5. The molecule has 1 heterocycles. The Morgan fingerprint density at radius 3 is 2.38 bits per heavy atom. The number of halogens is 2. The summed E-state index contributed by atoms with van der Waals surface area (Å²) in [5.74, 6) is -0.430. The molecule has 8 heavy (non-hydrogen) atoms. The van der Waals surface area contributed by atoms with Crippen LogP contribution in [0.5, 0.6) is 0 Å². The Hall–Kier alpha value is -0.210. The molecule has 0 radical (unpaired) electrons.